The largest absolute Gasteiger partial charge is 0.350 e. The molecule has 0 aliphatic rings. The number of benzene rings is 2. The molecule has 0 bridgehead atoms. The summed E-state index contributed by atoms with van der Waals surface area (Å²) in [6.07, 6.45) is 0.603. The monoisotopic (exact) mass is 384 g/mol. The van der Waals surface area contributed by atoms with E-state index in [-0.39, 0.29) is 17.4 Å². The van der Waals surface area contributed by atoms with Crippen molar-refractivity contribution in [3.8, 4) is 0 Å². The summed E-state index contributed by atoms with van der Waals surface area (Å²) in [5.41, 5.74) is 2.66. The van der Waals surface area contributed by atoms with Gasteiger partial charge in [0.15, 0.2) is 0 Å². The van der Waals surface area contributed by atoms with Crippen LogP contribution in [0.5, 0.6) is 0 Å². The summed E-state index contributed by atoms with van der Waals surface area (Å²) >= 11 is 5.88. The van der Waals surface area contributed by atoms with E-state index >= 15 is 0 Å². The lowest BCUT2D eigenvalue weighted by Crippen LogP contribution is -2.27. The van der Waals surface area contributed by atoms with Crippen LogP contribution in [0.3, 0.4) is 0 Å². The van der Waals surface area contributed by atoms with E-state index < -0.39 is 0 Å². The Hall–Kier alpha value is -2.99. The molecule has 0 radical (unpaired) electrons. The lowest BCUT2D eigenvalue weighted by molar-refractivity contribution is 0.0949. The topological polar surface area (TPSA) is 66.9 Å². The van der Waals surface area contributed by atoms with Gasteiger partial charge < -0.3 is 10.6 Å². The Balaban J connectivity index is 1.63. The van der Waals surface area contributed by atoms with E-state index in [1.54, 1.807) is 49.4 Å². The van der Waals surface area contributed by atoms with E-state index in [4.69, 9.17) is 11.6 Å². The summed E-state index contributed by atoms with van der Waals surface area (Å²) in [4.78, 5) is 21.0. The van der Waals surface area contributed by atoms with Crippen LogP contribution < -0.4 is 10.6 Å². The fourth-order valence-electron chi connectivity index (χ4n) is 2.47. The Labute approximate surface area is 161 Å². The van der Waals surface area contributed by atoms with Gasteiger partial charge in [0.2, 0.25) is 5.95 Å². The second kappa shape index (κ2) is 8.60. The summed E-state index contributed by atoms with van der Waals surface area (Å²) < 4.78 is 12.9. The van der Waals surface area contributed by atoms with Gasteiger partial charge in [-0.25, -0.2) is 14.4 Å². The van der Waals surface area contributed by atoms with E-state index in [2.05, 4.69) is 20.6 Å². The van der Waals surface area contributed by atoms with Crippen LogP contribution in [-0.2, 0) is 6.42 Å². The smallest absolute Gasteiger partial charge is 0.270 e. The number of amides is 1. The maximum atomic E-state index is 12.9. The minimum Gasteiger partial charge on any atom is -0.350 e. The van der Waals surface area contributed by atoms with Gasteiger partial charge in [-0.05, 0) is 61.4 Å². The number of carbonyl (C=O) groups is 1. The molecule has 5 nitrogen and oxygen atoms in total. The number of halogens is 2. The highest BCUT2D eigenvalue weighted by Crippen LogP contribution is 2.17. The molecule has 7 heteroatoms. The Morgan fingerprint density at radius 2 is 1.78 bits per heavy atom. The van der Waals surface area contributed by atoms with Gasteiger partial charge >= 0.3 is 0 Å². The number of nitrogens with one attached hydrogen (secondary N) is 2. The van der Waals surface area contributed by atoms with Gasteiger partial charge in [-0.1, -0.05) is 23.7 Å². The van der Waals surface area contributed by atoms with E-state index in [1.165, 1.54) is 12.1 Å². The lowest BCUT2D eigenvalue weighted by Gasteiger charge is -2.09. The van der Waals surface area contributed by atoms with Crippen molar-refractivity contribution in [1.29, 1.82) is 0 Å². The molecule has 1 aromatic heterocycles. The van der Waals surface area contributed by atoms with Crippen molar-refractivity contribution < 1.29 is 9.18 Å². The van der Waals surface area contributed by atoms with Gasteiger partial charge in [0.1, 0.15) is 11.5 Å². The summed E-state index contributed by atoms with van der Waals surface area (Å²) in [6, 6.07) is 14.9. The predicted octanol–water partition coefficient (Wildman–Crippen LogP) is 4.29. The summed E-state index contributed by atoms with van der Waals surface area (Å²) in [7, 11) is 0. The van der Waals surface area contributed by atoms with Crippen LogP contribution in [0.25, 0.3) is 0 Å². The van der Waals surface area contributed by atoms with Crippen molar-refractivity contribution in [3.05, 3.63) is 82.4 Å². The molecule has 0 unspecified atom stereocenters. The third-order valence-electron chi connectivity index (χ3n) is 3.80. The van der Waals surface area contributed by atoms with Crippen LogP contribution in [0.15, 0.2) is 54.6 Å². The van der Waals surface area contributed by atoms with Gasteiger partial charge in [-0.2, -0.15) is 0 Å². The van der Waals surface area contributed by atoms with Gasteiger partial charge in [0.05, 0.1) is 0 Å². The maximum Gasteiger partial charge on any atom is 0.270 e. The average molecular weight is 385 g/mol. The van der Waals surface area contributed by atoms with Crippen molar-refractivity contribution in [3.63, 3.8) is 0 Å². The standard InChI is InChI=1S/C20H18ClFN4O/c1-13-12-18(19(27)23-11-10-14-2-6-16(22)7-3-14)26-20(24-13)25-17-8-4-15(21)5-9-17/h2-9,12H,10-11H2,1H3,(H,23,27)(H,24,25,26). The minimum atomic E-state index is -0.290. The Morgan fingerprint density at radius 3 is 2.48 bits per heavy atom. The SMILES string of the molecule is Cc1cc(C(=O)NCCc2ccc(F)cc2)nc(Nc2ccc(Cl)cc2)n1. The van der Waals surface area contributed by atoms with E-state index in [1.807, 2.05) is 0 Å². The first-order valence-corrected chi connectivity index (χ1v) is 8.78. The van der Waals surface area contributed by atoms with Crippen LogP contribution in [0.2, 0.25) is 5.02 Å². The zero-order chi connectivity index (χ0) is 19.2. The van der Waals surface area contributed by atoms with Crippen LogP contribution >= 0.6 is 11.6 Å². The molecule has 138 valence electrons. The predicted molar refractivity (Wildman–Crippen MR) is 104 cm³/mol. The zero-order valence-electron chi connectivity index (χ0n) is 14.7. The molecular weight excluding hydrogens is 367 g/mol. The van der Waals surface area contributed by atoms with E-state index in [0.29, 0.717) is 29.6 Å². The first-order valence-electron chi connectivity index (χ1n) is 8.40. The molecule has 3 rings (SSSR count). The van der Waals surface area contributed by atoms with Gasteiger partial charge in [0.25, 0.3) is 5.91 Å². The Bertz CT molecular complexity index is 930. The van der Waals surface area contributed by atoms with Crippen LogP contribution in [-0.4, -0.2) is 22.4 Å². The molecule has 0 saturated heterocycles. The third-order valence-corrected chi connectivity index (χ3v) is 4.05. The molecule has 0 aliphatic carbocycles. The van der Waals surface area contributed by atoms with Crippen LogP contribution in [0.4, 0.5) is 16.0 Å². The van der Waals surface area contributed by atoms with Crippen molar-refractivity contribution in [2.24, 2.45) is 0 Å². The highest BCUT2D eigenvalue weighted by atomic mass is 35.5. The lowest BCUT2D eigenvalue weighted by atomic mass is 10.1. The van der Waals surface area contributed by atoms with Crippen LogP contribution in [0.1, 0.15) is 21.7 Å². The first-order chi connectivity index (χ1) is 13.0. The fourth-order valence-corrected chi connectivity index (χ4v) is 2.59. The number of aromatic nitrogens is 2. The quantitative estimate of drug-likeness (QED) is 0.665. The molecule has 27 heavy (non-hydrogen) atoms. The molecule has 0 atom stereocenters. The van der Waals surface area contributed by atoms with Crippen LogP contribution in [0, 0.1) is 12.7 Å². The zero-order valence-corrected chi connectivity index (χ0v) is 15.4. The molecule has 2 aromatic carbocycles. The number of rotatable bonds is 6. The normalized spacial score (nSPS) is 10.5. The van der Waals surface area contributed by atoms with Gasteiger partial charge in [-0.15, -0.1) is 0 Å². The average Bonchev–Trinajstić information content (AvgIpc) is 2.65. The molecule has 3 aromatic rings. The number of anilines is 2. The van der Waals surface area contributed by atoms with Crippen molar-refractivity contribution >= 4 is 29.1 Å². The van der Waals surface area contributed by atoms with Gasteiger partial charge in [-0.3, -0.25) is 4.79 Å². The molecule has 1 heterocycles. The molecular formula is C20H18ClFN4O. The highest BCUT2D eigenvalue weighted by molar-refractivity contribution is 6.30. The molecule has 0 fully saturated rings. The number of hydrogen-bond acceptors (Lipinski definition) is 4. The number of hydrogen-bond donors (Lipinski definition) is 2. The fraction of sp³-hybridized carbons (Fsp3) is 0.150. The molecule has 1 amide bonds. The Morgan fingerprint density at radius 1 is 1.07 bits per heavy atom. The summed E-state index contributed by atoms with van der Waals surface area (Å²) in [6.45, 7) is 2.22. The molecule has 0 spiro atoms. The summed E-state index contributed by atoms with van der Waals surface area (Å²) in [5.74, 6) is -0.234. The minimum absolute atomic E-state index is 0.276. The second-order valence-electron chi connectivity index (χ2n) is 5.98. The first kappa shape index (κ1) is 18.8. The highest BCUT2D eigenvalue weighted by Gasteiger charge is 2.10. The molecule has 0 saturated carbocycles. The van der Waals surface area contributed by atoms with E-state index in [0.717, 1.165) is 11.3 Å². The number of nitrogens with zero attached hydrogens (tertiary/aromatic N) is 2. The van der Waals surface area contributed by atoms with Crippen molar-refractivity contribution in [1.82, 2.24) is 15.3 Å². The number of aryl methyl sites for hydroxylation is 1. The second-order valence-corrected chi connectivity index (χ2v) is 6.42. The number of carbonyl (C=O) groups excluding carboxylic acids is 1. The molecule has 0 aliphatic heterocycles. The third kappa shape index (κ3) is 5.49. The Kier molecular flexibility index (Phi) is 5.98. The van der Waals surface area contributed by atoms with Crippen molar-refractivity contribution in [2.75, 3.05) is 11.9 Å². The van der Waals surface area contributed by atoms with Gasteiger partial charge in [0, 0.05) is 22.9 Å². The maximum absolute atomic E-state index is 12.9. The van der Waals surface area contributed by atoms with E-state index in [9.17, 15) is 9.18 Å². The van der Waals surface area contributed by atoms with Crippen molar-refractivity contribution in [2.45, 2.75) is 13.3 Å². The summed E-state index contributed by atoms with van der Waals surface area (Å²) in [5, 5.41) is 6.51. The molecule has 2 N–H and O–H groups in total.